The van der Waals surface area contributed by atoms with Crippen LogP contribution in [0.15, 0.2) is 0 Å². The van der Waals surface area contributed by atoms with Crippen LogP contribution >= 0.6 is 0 Å². The van der Waals surface area contributed by atoms with Gasteiger partial charge in [0.25, 0.3) is 0 Å². The summed E-state index contributed by atoms with van der Waals surface area (Å²) in [4.78, 5) is 11.1. The fourth-order valence-electron chi connectivity index (χ4n) is 8.54. The lowest BCUT2D eigenvalue weighted by molar-refractivity contribution is -0.168. The van der Waals surface area contributed by atoms with Gasteiger partial charge in [0, 0.05) is 13.5 Å². The zero-order valence-electron chi connectivity index (χ0n) is 18.0. The lowest BCUT2D eigenvalue weighted by atomic mass is 9.44. The van der Waals surface area contributed by atoms with Crippen molar-refractivity contribution >= 4 is 6.29 Å². The molecule has 0 spiro atoms. The van der Waals surface area contributed by atoms with Crippen LogP contribution in [0.5, 0.6) is 0 Å². The van der Waals surface area contributed by atoms with E-state index in [-0.39, 0.29) is 11.5 Å². The molecule has 0 bridgehead atoms. The average Bonchev–Trinajstić information content (AvgIpc) is 3.03. The van der Waals surface area contributed by atoms with E-state index in [4.69, 9.17) is 5.11 Å². The summed E-state index contributed by atoms with van der Waals surface area (Å²) in [5.74, 6) is 4.09. The van der Waals surface area contributed by atoms with Crippen molar-refractivity contribution in [3.63, 3.8) is 0 Å². The molecule has 0 aromatic heterocycles. The standard InChI is InChI=1S/C23H38O2.CH4O/c1-15(11-13-24)18-9-10-19-17-8-7-16-6-4-5-12-22(16,2)20(17)14-21(25)23(18,19)3;1-2/h13,15-21,25H,4-12,14H2,1-3H3;2H,1H3/t15-,16?,17?,18?,19?,20?,21+,22+,23-;/m0./s1. The number of carbonyl (C=O) groups excluding carboxylic acids is 1. The van der Waals surface area contributed by atoms with E-state index in [1.165, 1.54) is 51.4 Å². The quantitative estimate of drug-likeness (QED) is 0.691. The van der Waals surface area contributed by atoms with E-state index in [1.54, 1.807) is 0 Å². The summed E-state index contributed by atoms with van der Waals surface area (Å²) in [6.07, 6.45) is 13.6. The van der Waals surface area contributed by atoms with Crippen LogP contribution in [-0.4, -0.2) is 29.7 Å². The predicted octanol–water partition coefficient (Wildman–Crippen LogP) is 4.84. The SMILES string of the molecule is CO.C[C@@H](CC=O)C1CCC2C3CCC4CCCC[C@@]4(C)C3C[C@@H](O)[C@]21C. The van der Waals surface area contributed by atoms with Gasteiger partial charge in [0.2, 0.25) is 0 Å². The lowest BCUT2D eigenvalue weighted by Gasteiger charge is -2.62. The number of hydrogen-bond donors (Lipinski definition) is 2. The number of hydrogen-bond acceptors (Lipinski definition) is 3. The van der Waals surface area contributed by atoms with Gasteiger partial charge in [0.05, 0.1) is 6.10 Å². The summed E-state index contributed by atoms with van der Waals surface area (Å²) < 4.78 is 0. The van der Waals surface area contributed by atoms with Crippen LogP contribution in [-0.2, 0) is 4.79 Å². The van der Waals surface area contributed by atoms with Crippen molar-refractivity contribution in [2.24, 2.45) is 46.3 Å². The van der Waals surface area contributed by atoms with Gasteiger partial charge >= 0.3 is 0 Å². The molecule has 0 aliphatic heterocycles. The Bertz CT molecular complexity index is 520. The van der Waals surface area contributed by atoms with Crippen LogP contribution in [0.1, 0.15) is 85.0 Å². The second-order valence-corrected chi connectivity index (χ2v) is 10.6. The van der Waals surface area contributed by atoms with Crippen molar-refractivity contribution in [1.29, 1.82) is 0 Å². The monoisotopic (exact) mass is 378 g/mol. The van der Waals surface area contributed by atoms with Crippen molar-refractivity contribution in [2.45, 2.75) is 91.1 Å². The molecule has 4 aliphatic rings. The van der Waals surface area contributed by atoms with Gasteiger partial charge in [-0.3, -0.25) is 0 Å². The summed E-state index contributed by atoms with van der Waals surface area (Å²) >= 11 is 0. The van der Waals surface area contributed by atoms with Crippen molar-refractivity contribution in [3.8, 4) is 0 Å². The van der Waals surface area contributed by atoms with Crippen LogP contribution in [0, 0.1) is 46.3 Å². The Kier molecular flexibility index (Phi) is 6.43. The van der Waals surface area contributed by atoms with Crippen LogP contribution < -0.4 is 0 Å². The van der Waals surface area contributed by atoms with E-state index < -0.39 is 0 Å². The zero-order valence-corrected chi connectivity index (χ0v) is 18.0. The van der Waals surface area contributed by atoms with Gasteiger partial charge in [-0.05, 0) is 91.3 Å². The van der Waals surface area contributed by atoms with Crippen LogP contribution in [0.2, 0.25) is 0 Å². The van der Waals surface area contributed by atoms with Crippen molar-refractivity contribution in [1.82, 2.24) is 0 Å². The first-order chi connectivity index (χ1) is 12.9. The highest BCUT2D eigenvalue weighted by Crippen LogP contribution is 2.68. The molecule has 4 saturated carbocycles. The minimum Gasteiger partial charge on any atom is -0.400 e. The van der Waals surface area contributed by atoms with E-state index in [0.29, 0.717) is 29.6 Å². The molecule has 0 saturated heterocycles. The van der Waals surface area contributed by atoms with Crippen LogP contribution in [0.3, 0.4) is 0 Å². The predicted molar refractivity (Wildman–Crippen MR) is 109 cm³/mol. The van der Waals surface area contributed by atoms with E-state index >= 15 is 0 Å². The molecule has 0 aromatic carbocycles. The van der Waals surface area contributed by atoms with Crippen molar-refractivity contribution in [2.75, 3.05) is 7.11 Å². The highest BCUT2D eigenvalue weighted by molar-refractivity contribution is 5.49. The molecule has 0 amide bonds. The number of carbonyl (C=O) groups is 1. The fourth-order valence-corrected chi connectivity index (χ4v) is 8.54. The Morgan fingerprint density at radius 1 is 1.04 bits per heavy atom. The summed E-state index contributed by atoms with van der Waals surface area (Å²) in [5.41, 5.74) is 0.525. The topological polar surface area (TPSA) is 57.5 Å². The van der Waals surface area contributed by atoms with Gasteiger partial charge in [-0.1, -0.05) is 33.6 Å². The van der Waals surface area contributed by atoms with E-state index in [9.17, 15) is 9.90 Å². The Morgan fingerprint density at radius 3 is 2.48 bits per heavy atom. The Labute approximate surface area is 166 Å². The molecule has 156 valence electrons. The minimum absolute atomic E-state index is 0.0431. The summed E-state index contributed by atoms with van der Waals surface area (Å²) in [5, 5.41) is 18.4. The largest absolute Gasteiger partial charge is 0.400 e. The number of aliphatic hydroxyl groups is 2. The molecule has 4 aliphatic carbocycles. The van der Waals surface area contributed by atoms with E-state index in [1.807, 2.05) is 0 Å². The Morgan fingerprint density at radius 2 is 1.78 bits per heavy atom. The molecule has 0 aromatic rings. The highest BCUT2D eigenvalue weighted by Gasteiger charge is 2.63. The van der Waals surface area contributed by atoms with Crippen molar-refractivity contribution in [3.05, 3.63) is 0 Å². The summed E-state index contributed by atoms with van der Waals surface area (Å²) in [7, 11) is 1.00. The third-order valence-corrected chi connectivity index (χ3v) is 9.92. The smallest absolute Gasteiger partial charge is 0.120 e. The number of aldehydes is 1. The molecule has 9 atom stereocenters. The van der Waals surface area contributed by atoms with E-state index in [2.05, 4.69) is 20.8 Å². The third kappa shape index (κ3) is 3.21. The first kappa shape index (κ1) is 21.3. The maximum Gasteiger partial charge on any atom is 0.120 e. The van der Waals surface area contributed by atoms with Gasteiger partial charge in [-0.15, -0.1) is 0 Å². The van der Waals surface area contributed by atoms with Gasteiger partial charge in [0.1, 0.15) is 6.29 Å². The minimum atomic E-state index is -0.169. The van der Waals surface area contributed by atoms with Gasteiger partial charge < -0.3 is 15.0 Å². The molecule has 27 heavy (non-hydrogen) atoms. The highest BCUT2D eigenvalue weighted by atomic mass is 16.3. The fraction of sp³-hybridized carbons (Fsp3) is 0.958. The number of aliphatic hydroxyl groups excluding tert-OH is 2. The van der Waals surface area contributed by atoms with Gasteiger partial charge in [-0.25, -0.2) is 0 Å². The first-order valence-electron chi connectivity index (χ1n) is 11.5. The molecule has 5 unspecified atom stereocenters. The summed E-state index contributed by atoms with van der Waals surface area (Å²) in [6, 6.07) is 0. The van der Waals surface area contributed by atoms with Gasteiger partial charge in [0.15, 0.2) is 0 Å². The molecule has 3 heteroatoms. The third-order valence-electron chi connectivity index (χ3n) is 9.92. The maximum absolute atomic E-state index is 11.4. The Balaban J connectivity index is 0.00000102. The Hall–Kier alpha value is -0.410. The molecule has 0 heterocycles. The maximum atomic E-state index is 11.4. The van der Waals surface area contributed by atoms with Crippen molar-refractivity contribution < 1.29 is 15.0 Å². The molecule has 3 nitrogen and oxygen atoms in total. The second-order valence-electron chi connectivity index (χ2n) is 10.6. The second kappa shape index (κ2) is 8.14. The molecule has 0 radical (unpaired) electrons. The molecule has 4 fully saturated rings. The average molecular weight is 379 g/mol. The van der Waals surface area contributed by atoms with Crippen LogP contribution in [0.25, 0.3) is 0 Å². The normalized spacial score (nSPS) is 49.7. The zero-order chi connectivity index (χ0) is 19.8. The van der Waals surface area contributed by atoms with E-state index in [0.717, 1.165) is 37.6 Å². The molecule has 2 N–H and O–H groups in total. The number of fused-ring (bicyclic) bond motifs is 5. The molecule has 4 rings (SSSR count). The summed E-state index contributed by atoms with van der Waals surface area (Å²) in [6.45, 7) is 7.20. The first-order valence-corrected chi connectivity index (χ1v) is 11.5. The molecular formula is C24H42O3. The molecular weight excluding hydrogens is 336 g/mol. The lowest BCUT2D eigenvalue weighted by Crippen LogP contribution is -2.58. The van der Waals surface area contributed by atoms with Gasteiger partial charge in [-0.2, -0.15) is 0 Å². The number of rotatable bonds is 3. The van der Waals surface area contributed by atoms with Crippen LogP contribution in [0.4, 0.5) is 0 Å².